The Morgan fingerprint density at radius 1 is 1.56 bits per heavy atom. The molecule has 2 rings (SSSR count). The normalized spacial score (nSPS) is 14.1. The molecule has 1 unspecified atom stereocenters. The van der Waals surface area contributed by atoms with Gasteiger partial charge in [-0.05, 0) is 31.5 Å². The molecule has 5 nitrogen and oxygen atoms in total. The Labute approximate surface area is 106 Å². The van der Waals surface area contributed by atoms with Crippen LogP contribution in [0, 0.1) is 18.3 Å². The minimum absolute atomic E-state index is 0.258. The lowest BCUT2D eigenvalue weighted by molar-refractivity contribution is 0.423. The van der Waals surface area contributed by atoms with E-state index in [4.69, 9.17) is 11.0 Å². The molecule has 92 valence electrons. The number of rotatable bonds is 3. The SMILES string of the molecule is C=Cc1cc(C)cc2nn(CC(C)(N)C#N)nc12. The predicted molar refractivity (Wildman–Crippen MR) is 70.6 cm³/mol. The summed E-state index contributed by atoms with van der Waals surface area (Å²) < 4.78 is 0. The topological polar surface area (TPSA) is 80.5 Å². The Morgan fingerprint density at radius 3 is 2.89 bits per heavy atom. The lowest BCUT2D eigenvalue weighted by Gasteiger charge is -2.13. The first-order valence-corrected chi connectivity index (χ1v) is 5.63. The van der Waals surface area contributed by atoms with Crippen molar-refractivity contribution in [3.63, 3.8) is 0 Å². The molecule has 5 heteroatoms. The Hall–Kier alpha value is -2.19. The average Bonchev–Trinajstić information content (AvgIpc) is 2.69. The molecule has 0 bridgehead atoms. The van der Waals surface area contributed by atoms with Crippen LogP contribution < -0.4 is 5.73 Å². The van der Waals surface area contributed by atoms with Crippen LogP contribution in [0.3, 0.4) is 0 Å². The van der Waals surface area contributed by atoms with E-state index in [9.17, 15) is 0 Å². The summed E-state index contributed by atoms with van der Waals surface area (Å²) >= 11 is 0. The van der Waals surface area contributed by atoms with Crippen LogP contribution in [-0.2, 0) is 6.54 Å². The lowest BCUT2D eigenvalue weighted by atomic mass is 10.1. The molecule has 0 aliphatic carbocycles. The molecule has 0 aliphatic rings. The van der Waals surface area contributed by atoms with Gasteiger partial charge >= 0.3 is 0 Å². The van der Waals surface area contributed by atoms with Gasteiger partial charge < -0.3 is 5.73 Å². The minimum Gasteiger partial charge on any atom is -0.312 e. The third kappa shape index (κ3) is 2.24. The Bertz CT molecular complexity index is 645. The van der Waals surface area contributed by atoms with Crippen LogP contribution in [0.2, 0.25) is 0 Å². The fourth-order valence-electron chi connectivity index (χ4n) is 1.79. The van der Waals surface area contributed by atoms with Crippen LogP contribution in [0.5, 0.6) is 0 Å². The number of nitriles is 1. The lowest BCUT2D eigenvalue weighted by Crippen LogP contribution is -2.39. The van der Waals surface area contributed by atoms with E-state index in [2.05, 4.69) is 16.8 Å². The number of benzene rings is 1. The first-order chi connectivity index (χ1) is 8.45. The second-order valence-electron chi connectivity index (χ2n) is 4.69. The van der Waals surface area contributed by atoms with Gasteiger partial charge in [-0.3, -0.25) is 0 Å². The van der Waals surface area contributed by atoms with Crippen LogP contribution in [0.1, 0.15) is 18.1 Å². The third-order valence-corrected chi connectivity index (χ3v) is 2.65. The van der Waals surface area contributed by atoms with Crippen molar-refractivity contribution in [3.05, 3.63) is 29.8 Å². The molecule has 1 aromatic carbocycles. The van der Waals surface area contributed by atoms with Crippen molar-refractivity contribution in [3.8, 4) is 6.07 Å². The quantitative estimate of drug-likeness (QED) is 0.885. The summed E-state index contributed by atoms with van der Waals surface area (Å²) in [6.07, 6.45) is 1.75. The summed E-state index contributed by atoms with van der Waals surface area (Å²) in [5.41, 5.74) is 8.42. The summed E-state index contributed by atoms with van der Waals surface area (Å²) in [4.78, 5) is 1.47. The molecule has 2 aromatic rings. The number of hydrogen-bond donors (Lipinski definition) is 1. The third-order valence-electron chi connectivity index (χ3n) is 2.65. The number of hydrogen-bond acceptors (Lipinski definition) is 4. The zero-order valence-corrected chi connectivity index (χ0v) is 10.5. The molecule has 0 aliphatic heterocycles. The molecule has 1 aromatic heterocycles. The monoisotopic (exact) mass is 241 g/mol. The Kier molecular flexibility index (Phi) is 2.89. The molecular weight excluding hydrogens is 226 g/mol. The zero-order chi connectivity index (χ0) is 13.3. The Morgan fingerprint density at radius 2 is 2.28 bits per heavy atom. The fourth-order valence-corrected chi connectivity index (χ4v) is 1.79. The number of aromatic nitrogens is 3. The standard InChI is InChI=1S/C13H15N5/c1-4-10-5-9(2)6-11-12(10)17-18(16-11)8-13(3,15)7-14/h4-6H,1,8,15H2,2-3H3. The van der Waals surface area contributed by atoms with E-state index in [0.717, 1.165) is 22.2 Å². The van der Waals surface area contributed by atoms with Gasteiger partial charge in [-0.1, -0.05) is 12.7 Å². The second-order valence-corrected chi connectivity index (χ2v) is 4.69. The van der Waals surface area contributed by atoms with Crippen molar-refractivity contribution in [1.29, 1.82) is 5.26 Å². The van der Waals surface area contributed by atoms with Gasteiger partial charge in [-0.2, -0.15) is 20.3 Å². The van der Waals surface area contributed by atoms with E-state index in [1.54, 1.807) is 13.0 Å². The van der Waals surface area contributed by atoms with Gasteiger partial charge in [0.2, 0.25) is 0 Å². The molecule has 2 N–H and O–H groups in total. The van der Waals surface area contributed by atoms with E-state index in [-0.39, 0.29) is 6.54 Å². The highest BCUT2D eigenvalue weighted by Gasteiger charge is 2.20. The fraction of sp³-hybridized carbons (Fsp3) is 0.308. The van der Waals surface area contributed by atoms with Crippen molar-refractivity contribution in [2.24, 2.45) is 5.73 Å². The predicted octanol–water partition coefficient (Wildman–Crippen LogP) is 1.62. The van der Waals surface area contributed by atoms with E-state index >= 15 is 0 Å². The van der Waals surface area contributed by atoms with Crippen molar-refractivity contribution in [1.82, 2.24) is 15.0 Å². The maximum atomic E-state index is 8.92. The second kappa shape index (κ2) is 4.24. The smallest absolute Gasteiger partial charge is 0.122 e. The minimum atomic E-state index is -0.974. The van der Waals surface area contributed by atoms with Gasteiger partial charge in [-0.25, -0.2) is 0 Å². The molecule has 0 amide bonds. The maximum Gasteiger partial charge on any atom is 0.122 e. The summed E-state index contributed by atoms with van der Waals surface area (Å²) in [5.74, 6) is 0. The number of aryl methyl sites for hydroxylation is 1. The van der Waals surface area contributed by atoms with E-state index in [1.165, 1.54) is 4.80 Å². The van der Waals surface area contributed by atoms with Gasteiger partial charge in [0.05, 0.1) is 12.6 Å². The summed E-state index contributed by atoms with van der Waals surface area (Å²) in [6, 6.07) is 5.98. The molecule has 0 fully saturated rings. The van der Waals surface area contributed by atoms with Gasteiger partial charge in [0, 0.05) is 5.56 Å². The molecular formula is C13H15N5. The summed E-state index contributed by atoms with van der Waals surface area (Å²) in [7, 11) is 0. The molecule has 18 heavy (non-hydrogen) atoms. The highest BCUT2D eigenvalue weighted by Crippen LogP contribution is 2.18. The van der Waals surface area contributed by atoms with Crippen molar-refractivity contribution in [2.45, 2.75) is 25.9 Å². The Balaban J connectivity index is 2.51. The largest absolute Gasteiger partial charge is 0.312 e. The highest BCUT2D eigenvalue weighted by atomic mass is 15.5. The molecule has 0 saturated heterocycles. The van der Waals surface area contributed by atoms with Crippen LogP contribution in [0.25, 0.3) is 17.1 Å². The van der Waals surface area contributed by atoms with E-state index in [1.807, 2.05) is 25.1 Å². The van der Waals surface area contributed by atoms with Crippen molar-refractivity contribution < 1.29 is 0 Å². The number of nitrogens with zero attached hydrogens (tertiary/aromatic N) is 4. The molecule has 0 spiro atoms. The highest BCUT2D eigenvalue weighted by molar-refractivity contribution is 5.84. The molecule has 0 saturated carbocycles. The van der Waals surface area contributed by atoms with Gasteiger partial charge in [0.25, 0.3) is 0 Å². The molecule has 1 heterocycles. The van der Waals surface area contributed by atoms with Crippen molar-refractivity contribution in [2.75, 3.05) is 0 Å². The number of nitrogens with two attached hydrogens (primary N) is 1. The zero-order valence-electron chi connectivity index (χ0n) is 10.5. The average molecular weight is 241 g/mol. The van der Waals surface area contributed by atoms with Crippen LogP contribution >= 0.6 is 0 Å². The number of fused-ring (bicyclic) bond motifs is 1. The van der Waals surface area contributed by atoms with E-state index < -0.39 is 5.54 Å². The van der Waals surface area contributed by atoms with Crippen LogP contribution in [0.4, 0.5) is 0 Å². The molecule has 0 radical (unpaired) electrons. The first-order valence-electron chi connectivity index (χ1n) is 5.63. The summed E-state index contributed by atoms with van der Waals surface area (Å²) in [5, 5.41) is 17.6. The molecule has 1 atom stereocenters. The van der Waals surface area contributed by atoms with Crippen LogP contribution in [-0.4, -0.2) is 20.5 Å². The maximum absolute atomic E-state index is 8.92. The van der Waals surface area contributed by atoms with E-state index in [0.29, 0.717) is 0 Å². The van der Waals surface area contributed by atoms with Gasteiger partial charge in [0.1, 0.15) is 16.6 Å². The van der Waals surface area contributed by atoms with Gasteiger partial charge in [-0.15, -0.1) is 0 Å². The van der Waals surface area contributed by atoms with Crippen molar-refractivity contribution >= 4 is 17.1 Å². The van der Waals surface area contributed by atoms with Crippen LogP contribution in [0.15, 0.2) is 18.7 Å². The van der Waals surface area contributed by atoms with Gasteiger partial charge in [0.15, 0.2) is 0 Å². The summed E-state index contributed by atoms with van der Waals surface area (Å²) in [6.45, 7) is 7.67. The first kappa shape index (κ1) is 12.3.